The van der Waals surface area contributed by atoms with Gasteiger partial charge >= 0.3 is 0 Å². The lowest BCUT2D eigenvalue weighted by atomic mass is 10.0. The molecule has 0 aliphatic carbocycles. The summed E-state index contributed by atoms with van der Waals surface area (Å²) in [5.74, 6) is 1.89. The minimum absolute atomic E-state index is 0.503. The standard InChI is InChI=1S/C26H31N5O2/c1-3-21(4-2-20(1)16-29-9-7-27-8-10-29)22-5-6-24-25(15-22)33-19-26-28-23(18-31(24)26)17-30-11-13-32-14-12-30/h1-6,15,18,27H,7-14,16-17,19H2. The van der Waals surface area contributed by atoms with Crippen molar-refractivity contribution in [3.63, 3.8) is 0 Å². The third kappa shape index (κ3) is 4.54. The van der Waals surface area contributed by atoms with Gasteiger partial charge < -0.3 is 14.8 Å². The van der Waals surface area contributed by atoms with Gasteiger partial charge in [0.1, 0.15) is 12.4 Å². The Morgan fingerprint density at radius 1 is 0.848 bits per heavy atom. The highest BCUT2D eigenvalue weighted by Crippen LogP contribution is 2.34. The molecule has 0 spiro atoms. The number of hydrogen-bond acceptors (Lipinski definition) is 6. The molecule has 0 bridgehead atoms. The lowest BCUT2D eigenvalue weighted by molar-refractivity contribution is 0.0337. The maximum atomic E-state index is 6.11. The van der Waals surface area contributed by atoms with Crippen LogP contribution in [-0.2, 0) is 24.4 Å². The Morgan fingerprint density at radius 2 is 1.61 bits per heavy atom. The number of morpholine rings is 1. The van der Waals surface area contributed by atoms with E-state index in [4.69, 9.17) is 14.5 Å². The van der Waals surface area contributed by atoms with Crippen LogP contribution in [0.4, 0.5) is 0 Å². The van der Waals surface area contributed by atoms with Gasteiger partial charge in [0.2, 0.25) is 0 Å². The first-order chi connectivity index (χ1) is 16.3. The van der Waals surface area contributed by atoms with Crippen molar-refractivity contribution in [1.29, 1.82) is 0 Å². The minimum Gasteiger partial charge on any atom is -0.483 e. The van der Waals surface area contributed by atoms with Gasteiger partial charge in [0, 0.05) is 58.6 Å². The van der Waals surface area contributed by atoms with Crippen LogP contribution in [-0.4, -0.2) is 71.8 Å². The smallest absolute Gasteiger partial charge is 0.151 e. The predicted octanol–water partition coefficient (Wildman–Crippen LogP) is 2.67. The van der Waals surface area contributed by atoms with Crippen LogP contribution in [0.2, 0.25) is 0 Å². The van der Waals surface area contributed by atoms with Crippen molar-refractivity contribution in [3.05, 3.63) is 65.7 Å². The SMILES string of the molecule is c1cc(-c2ccc3c(c2)OCc2nc(CN4CCOCC4)cn2-3)ccc1CN1CCNCC1. The fourth-order valence-electron chi connectivity index (χ4n) is 4.93. The van der Waals surface area contributed by atoms with Gasteiger partial charge in [-0.2, -0.15) is 0 Å². The zero-order valence-electron chi connectivity index (χ0n) is 19.0. The average molecular weight is 446 g/mol. The third-order valence-corrected chi connectivity index (χ3v) is 6.80. The van der Waals surface area contributed by atoms with E-state index in [2.05, 4.69) is 68.3 Å². The molecular weight excluding hydrogens is 414 g/mol. The minimum atomic E-state index is 0.503. The molecular formula is C26H31N5O2. The van der Waals surface area contributed by atoms with Crippen LogP contribution in [0.3, 0.4) is 0 Å². The van der Waals surface area contributed by atoms with Gasteiger partial charge in [-0.15, -0.1) is 0 Å². The predicted molar refractivity (Wildman–Crippen MR) is 128 cm³/mol. The molecule has 0 unspecified atom stereocenters. The van der Waals surface area contributed by atoms with Crippen molar-refractivity contribution in [2.24, 2.45) is 0 Å². The van der Waals surface area contributed by atoms with Gasteiger partial charge in [-0.3, -0.25) is 14.4 Å². The van der Waals surface area contributed by atoms with Crippen molar-refractivity contribution < 1.29 is 9.47 Å². The van der Waals surface area contributed by atoms with Gasteiger partial charge in [0.05, 0.1) is 24.6 Å². The second-order valence-corrected chi connectivity index (χ2v) is 9.10. The molecule has 1 aromatic heterocycles. The summed E-state index contributed by atoms with van der Waals surface area (Å²) >= 11 is 0. The first kappa shape index (κ1) is 20.9. The molecule has 3 aromatic rings. The Morgan fingerprint density at radius 3 is 2.42 bits per heavy atom. The van der Waals surface area contributed by atoms with Crippen LogP contribution in [0.25, 0.3) is 16.8 Å². The molecule has 2 fully saturated rings. The molecule has 2 aromatic carbocycles. The number of rotatable bonds is 5. The molecule has 0 atom stereocenters. The molecule has 172 valence electrons. The second-order valence-electron chi connectivity index (χ2n) is 9.10. The van der Waals surface area contributed by atoms with Crippen LogP contribution in [0.15, 0.2) is 48.7 Å². The molecule has 0 amide bonds. The Labute approximate surface area is 194 Å². The maximum absolute atomic E-state index is 6.11. The fourth-order valence-corrected chi connectivity index (χ4v) is 4.93. The summed E-state index contributed by atoms with van der Waals surface area (Å²) in [4.78, 5) is 9.74. The number of aromatic nitrogens is 2. The fraction of sp³-hybridized carbons (Fsp3) is 0.423. The summed E-state index contributed by atoms with van der Waals surface area (Å²) in [6, 6.07) is 15.5. The summed E-state index contributed by atoms with van der Waals surface area (Å²) in [7, 11) is 0. The van der Waals surface area contributed by atoms with E-state index in [0.717, 1.165) is 88.5 Å². The zero-order chi connectivity index (χ0) is 22.0. The first-order valence-electron chi connectivity index (χ1n) is 12.0. The highest BCUT2D eigenvalue weighted by Gasteiger charge is 2.21. The van der Waals surface area contributed by atoms with E-state index in [1.165, 1.54) is 16.7 Å². The number of fused-ring (bicyclic) bond motifs is 3. The number of imidazole rings is 1. The number of nitrogens with one attached hydrogen (secondary N) is 1. The average Bonchev–Trinajstić information content (AvgIpc) is 3.28. The molecule has 3 aliphatic rings. The van der Waals surface area contributed by atoms with Gasteiger partial charge in [-0.05, 0) is 28.8 Å². The lowest BCUT2D eigenvalue weighted by Crippen LogP contribution is -2.42. The highest BCUT2D eigenvalue weighted by molar-refractivity contribution is 5.69. The van der Waals surface area contributed by atoms with E-state index in [9.17, 15) is 0 Å². The van der Waals surface area contributed by atoms with Crippen LogP contribution in [0, 0.1) is 0 Å². The Hall–Kier alpha value is -2.71. The van der Waals surface area contributed by atoms with Crippen molar-refractivity contribution in [2.45, 2.75) is 19.7 Å². The van der Waals surface area contributed by atoms with Crippen LogP contribution in [0.1, 0.15) is 17.1 Å². The van der Waals surface area contributed by atoms with E-state index >= 15 is 0 Å². The number of ether oxygens (including phenoxy) is 2. The van der Waals surface area contributed by atoms with Gasteiger partial charge in [-0.1, -0.05) is 30.3 Å². The topological polar surface area (TPSA) is 54.8 Å². The number of nitrogens with zero attached hydrogens (tertiary/aromatic N) is 4. The molecule has 2 saturated heterocycles. The van der Waals surface area contributed by atoms with E-state index < -0.39 is 0 Å². The first-order valence-corrected chi connectivity index (χ1v) is 12.0. The summed E-state index contributed by atoms with van der Waals surface area (Å²) in [6.07, 6.45) is 2.16. The zero-order valence-corrected chi connectivity index (χ0v) is 19.0. The van der Waals surface area contributed by atoms with Crippen LogP contribution in [0.5, 0.6) is 5.75 Å². The largest absolute Gasteiger partial charge is 0.483 e. The molecule has 3 aliphatic heterocycles. The molecule has 33 heavy (non-hydrogen) atoms. The molecule has 0 radical (unpaired) electrons. The summed E-state index contributed by atoms with van der Waals surface area (Å²) < 4.78 is 13.8. The number of hydrogen-bond donors (Lipinski definition) is 1. The van der Waals surface area contributed by atoms with Crippen molar-refractivity contribution >= 4 is 0 Å². The monoisotopic (exact) mass is 445 g/mol. The van der Waals surface area contributed by atoms with Gasteiger partial charge in [0.15, 0.2) is 5.82 Å². The normalized spacial score (nSPS) is 19.0. The second kappa shape index (κ2) is 9.27. The van der Waals surface area contributed by atoms with Crippen molar-refractivity contribution in [1.82, 2.24) is 24.7 Å². The highest BCUT2D eigenvalue weighted by atomic mass is 16.5. The van der Waals surface area contributed by atoms with E-state index in [1.54, 1.807) is 0 Å². The molecule has 1 N–H and O–H groups in total. The van der Waals surface area contributed by atoms with Crippen LogP contribution >= 0.6 is 0 Å². The number of benzene rings is 2. The van der Waals surface area contributed by atoms with E-state index in [-0.39, 0.29) is 0 Å². The summed E-state index contributed by atoms with van der Waals surface area (Å²) in [6.45, 7) is 10.3. The van der Waals surface area contributed by atoms with Gasteiger partial charge in [0.25, 0.3) is 0 Å². The summed E-state index contributed by atoms with van der Waals surface area (Å²) in [5, 5.41) is 3.42. The Balaban J connectivity index is 1.18. The Kier molecular flexibility index (Phi) is 5.86. The van der Waals surface area contributed by atoms with Crippen LogP contribution < -0.4 is 10.1 Å². The quantitative estimate of drug-likeness (QED) is 0.652. The lowest BCUT2D eigenvalue weighted by Gasteiger charge is -2.27. The van der Waals surface area contributed by atoms with Gasteiger partial charge in [-0.25, -0.2) is 4.98 Å². The Bertz CT molecular complexity index is 1100. The molecule has 7 heteroatoms. The van der Waals surface area contributed by atoms with Crippen molar-refractivity contribution in [2.75, 3.05) is 52.5 Å². The van der Waals surface area contributed by atoms with E-state index in [0.29, 0.717) is 6.61 Å². The molecule has 0 saturated carbocycles. The molecule has 4 heterocycles. The van der Waals surface area contributed by atoms with E-state index in [1.807, 2.05) is 0 Å². The molecule has 7 nitrogen and oxygen atoms in total. The third-order valence-electron chi connectivity index (χ3n) is 6.80. The molecule has 6 rings (SSSR count). The summed E-state index contributed by atoms with van der Waals surface area (Å²) in [5.41, 5.74) is 5.92. The van der Waals surface area contributed by atoms with Crippen molar-refractivity contribution in [3.8, 4) is 22.6 Å². The maximum Gasteiger partial charge on any atom is 0.151 e. The number of piperazine rings is 1.